The molecule has 0 unspecified atom stereocenters. The molecule has 2 amide bonds. The Morgan fingerprint density at radius 3 is 2.50 bits per heavy atom. The summed E-state index contributed by atoms with van der Waals surface area (Å²) in [5.41, 5.74) is 1.41. The zero-order chi connectivity index (χ0) is 30.7. The van der Waals surface area contributed by atoms with Gasteiger partial charge in [-0.3, -0.25) is 14.6 Å². The van der Waals surface area contributed by atoms with E-state index in [1.807, 2.05) is 29.9 Å². The number of methoxy groups -OCH3 is 1. The van der Waals surface area contributed by atoms with Crippen LogP contribution in [0.1, 0.15) is 18.5 Å². The van der Waals surface area contributed by atoms with Gasteiger partial charge < -0.3 is 30.0 Å². The average Bonchev–Trinajstić information content (AvgIpc) is 3.61. The molecule has 10 nitrogen and oxygen atoms in total. The van der Waals surface area contributed by atoms with Gasteiger partial charge in [-0.15, -0.1) is 11.3 Å². The van der Waals surface area contributed by atoms with E-state index in [1.165, 1.54) is 23.5 Å². The van der Waals surface area contributed by atoms with Gasteiger partial charge in [-0.25, -0.2) is 9.37 Å². The van der Waals surface area contributed by atoms with Gasteiger partial charge in [-0.2, -0.15) is 0 Å². The number of fused-ring (bicyclic) bond motifs is 1. The quantitative estimate of drug-likeness (QED) is 0.121. The first-order valence-corrected chi connectivity index (χ1v) is 14.9. The third kappa shape index (κ3) is 6.05. The minimum atomic E-state index is -1.17. The Morgan fingerprint density at radius 1 is 1.00 bits per heavy atom. The molecule has 3 aromatic heterocycles. The highest BCUT2D eigenvalue weighted by atomic mass is 32.1. The van der Waals surface area contributed by atoms with E-state index in [4.69, 9.17) is 9.47 Å². The number of benzene rings is 2. The first kappa shape index (κ1) is 29.4. The number of aromatic nitrogens is 3. The Labute approximate surface area is 257 Å². The lowest BCUT2D eigenvalue weighted by Gasteiger charge is -2.16. The number of nitrogens with zero attached hydrogens (tertiary/aromatic N) is 3. The number of hydrogen-bond donors (Lipinski definition) is 3. The largest absolute Gasteiger partial charge is 0.453 e. The van der Waals surface area contributed by atoms with E-state index in [0.717, 1.165) is 27.6 Å². The number of pyridine rings is 1. The molecule has 0 atom stereocenters. The molecule has 1 aliphatic carbocycles. The molecule has 5 aromatic rings. The Morgan fingerprint density at radius 2 is 1.77 bits per heavy atom. The van der Waals surface area contributed by atoms with Crippen molar-refractivity contribution < 1.29 is 23.5 Å². The van der Waals surface area contributed by atoms with Crippen LogP contribution in [-0.2, 0) is 27.9 Å². The van der Waals surface area contributed by atoms with Crippen molar-refractivity contribution in [1.29, 1.82) is 0 Å². The van der Waals surface area contributed by atoms with Crippen LogP contribution in [0.25, 0.3) is 20.9 Å². The summed E-state index contributed by atoms with van der Waals surface area (Å²) in [4.78, 5) is 35.9. The number of imidazole rings is 1. The number of amides is 2. The zero-order valence-corrected chi connectivity index (χ0v) is 25.0. The van der Waals surface area contributed by atoms with Gasteiger partial charge in [0.1, 0.15) is 17.0 Å². The standard InChI is InChI=1S/C32H31FN6O4S/c1-39-22(18-34-14-15-42-2)19-36-29(39)27-17-24-28(44-27)26(10-13-35-24)43-25-9-8-21(16-23(25)33)38-31(41)32(11-12-32)30(40)37-20-6-4-3-5-7-20/h3-10,13,16-17,19,34H,11-12,14-15,18H2,1-2H3,(H,37,40)(H,38,41). The topological polar surface area (TPSA) is 119 Å². The lowest BCUT2D eigenvalue weighted by atomic mass is 10.0. The molecule has 0 bridgehead atoms. The zero-order valence-electron chi connectivity index (χ0n) is 24.2. The summed E-state index contributed by atoms with van der Waals surface area (Å²) in [5, 5.41) is 8.81. The molecule has 1 aliphatic rings. The van der Waals surface area contributed by atoms with Gasteiger partial charge >= 0.3 is 0 Å². The minimum Gasteiger partial charge on any atom is -0.453 e. The molecule has 0 saturated heterocycles. The molecule has 226 valence electrons. The van der Waals surface area contributed by atoms with Crippen LogP contribution in [0, 0.1) is 11.2 Å². The van der Waals surface area contributed by atoms with Crippen molar-refractivity contribution >= 4 is 44.7 Å². The van der Waals surface area contributed by atoms with Crippen LogP contribution in [0.5, 0.6) is 11.5 Å². The van der Waals surface area contributed by atoms with Gasteiger partial charge in [0.05, 0.1) is 33.6 Å². The highest BCUT2D eigenvalue weighted by Crippen LogP contribution is 2.47. The van der Waals surface area contributed by atoms with Crippen LogP contribution >= 0.6 is 11.3 Å². The number of hydrogen-bond acceptors (Lipinski definition) is 8. The van der Waals surface area contributed by atoms with E-state index in [0.29, 0.717) is 42.9 Å². The van der Waals surface area contributed by atoms with Gasteiger partial charge in [0.25, 0.3) is 0 Å². The minimum absolute atomic E-state index is 0.00480. The molecule has 2 aromatic carbocycles. The van der Waals surface area contributed by atoms with E-state index < -0.39 is 17.1 Å². The van der Waals surface area contributed by atoms with Crippen LogP contribution in [0.4, 0.5) is 15.8 Å². The molecule has 0 spiro atoms. The molecule has 3 heterocycles. The highest BCUT2D eigenvalue weighted by Gasteiger charge is 2.56. The monoisotopic (exact) mass is 614 g/mol. The third-order valence-electron chi connectivity index (χ3n) is 7.53. The van der Waals surface area contributed by atoms with Gasteiger partial charge in [0.15, 0.2) is 11.6 Å². The number of anilines is 2. The summed E-state index contributed by atoms with van der Waals surface area (Å²) in [7, 11) is 3.63. The molecule has 1 saturated carbocycles. The summed E-state index contributed by atoms with van der Waals surface area (Å²) in [6, 6.07) is 16.8. The summed E-state index contributed by atoms with van der Waals surface area (Å²) < 4.78 is 29.1. The smallest absolute Gasteiger partial charge is 0.240 e. The first-order chi connectivity index (χ1) is 21.4. The molecular weight excluding hydrogens is 583 g/mol. The van der Waals surface area contributed by atoms with Crippen LogP contribution in [-0.4, -0.2) is 46.6 Å². The fourth-order valence-electron chi connectivity index (χ4n) is 4.82. The van der Waals surface area contributed by atoms with Gasteiger partial charge in [0.2, 0.25) is 11.8 Å². The lowest BCUT2D eigenvalue weighted by Crippen LogP contribution is -2.35. The number of ether oxygens (including phenoxy) is 2. The van der Waals surface area contributed by atoms with Crippen LogP contribution in [0.3, 0.4) is 0 Å². The van der Waals surface area contributed by atoms with Crippen molar-refractivity contribution in [2.75, 3.05) is 30.9 Å². The van der Waals surface area contributed by atoms with Crippen molar-refractivity contribution in [3.8, 4) is 22.2 Å². The molecule has 12 heteroatoms. The maximum Gasteiger partial charge on any atom is 0.240 e. The second kappa shape index (κ2) is 12.5. The fourth-order valence-corrected chi connectivity index (χ4v) is 5.92. The predicted molar refractivity (Wildman–Crippen MR) is 167 cm³/mol. The molecule has 3 N–H and O–H groups in total. The number of carbonyl (C=O) groups is 2. The number of rotatable bonds is 12. The number of para-hydroxylation sites is 1. The van der Waals surface area contributed by atoms with E-state index in [2.05, 4.69) is 25.9 Å². The average molecular weight is 615 g/mol. The van der Waals surface area contributed by atoms with E-state index in [-0.39, 0.29) is 17.3 Å². The molecule has 1 fully saturated rings. The molecule has 44 heavy (non-hydrogen) atoms. The molecule has 0 aliphatic heterocycles. The van der Waals surface area contributed by atoms with Gasteiger partial charge in [-0.1, -0.05) is 18.2 Å². The number of carbonyl (C=O) groups excluding carboxylic acids is 2. The lowest BCUT2D eigenvalue weighted by molar-refractivity contribution is -0.131. The van der Waals surface area contributed by atoms with Crippen molar-refractivity contribution in [3.63, 3.8) is 0 Å². The normalized spacial score (nSPS) is 13.5. The third-order valence-corrected chi connectivity index (χ3v) is 8.67. The first-order valence-electron chi connectivity index (χ1n) is 14.1. The van der Waals surface area contributed by atoms with Gasteiger partial charge in [-0.05, 0) is 43.2 Å². The number of halogens is 1. The molecule has 6 rings (SSSR count). The summed E-state index contributed by atoms with van der Waals surface area (Å²) in [5.74, 6) is -0.261. The maximum atomic E-state index is 15.2. The highest BCUT2D eigenvalue weighted by molar-refractivity contribution is 7.22. The van der Waals surface area contributed by atoms with Crippen molar-refractivity contribution in [1.82, 2.24) is 19.9 Å². The van der Waals surface area contributed by atoms with Gasteiger partial charge in [0, 0.05) is 57.0 Å². The van der Waals surface area contributed by atoms with Crippen LogP contribution < -0.4 is 20.7 Å². The van der Waals surface area contributed by atoms with Crippen LogP contribution in [0.15, 0.2) is 73.1 Å². The van der Waals surface area contributed by atoms with E-state index >= 15 is 4.39 Å². The summed E-state index contributed by atoms with van der Waals surface area (Å²) >= 11 is 1.46. The van der Waals surface area contributed by atoms with Crippen molar-refractivity contribution in [2.24, 2.45) is 12.5 Å². The number of nitrogens with one attached hydrogen (secondary N) is 3. The van der Waals surface area contributed by atoms with Crippen LogP contribution in [0.2, 0.25) is 0 Å². The summed E-state index contributed by atoms with van der Waals surface area (Å²) in [6.45, 7) is 2.02. The second-order valence-corrected chi connectivity index (χ2v) is 11.6. The SMILES string of the molecule is COCCNCc1cnc(-c2cc3nccc(Oc4ccc(NC(=O)C5(C(=O)Nc6ccccc6)CC5)cc4F)c3s2)n1C. The van der Waals surface area contributed by atoms with Crippen molar-refractivity contribution in [2.45, 2.75) is 19.4 Å². The maximum absolute atomic E-state index is 15.2. The Bertz CT molecular complexity index is 1820. The Kier molecular flexibility index (Phi) is 8.38. The van der Waals surface area contributed by atoms with E-state index in [1.54, 1.807) is 49.7 Å². The predicted octanol–water partition coefficient (Wildman–Crippen LogP) is 5.72. The molecule has 0 radical (unpaired) electrons. The second-order valence-electron chi connectivity index (χ2n) is 10.5. The Balaban J connectivity index is 1.14. The van der Waals surface area contributed by atoms with Crippen molar-refractivity contribution in [3.05, 3.63) is 84.6 Å². The molecular formula is C32H31FN6O4S. The van der Waals surface area contributed by atoms with E-state index in [9.17, 15) is 9.59 Å². The number of thiophene rings is 1. The summed E-state index contributed by atoms with van der Waals surface area (Å²) in [6.07, 6.45) is 4.29. The fraction of sp³-hybridized carbons (Fsp3) is 0.250. The Hall–Kier alpha value is -4.65.